The van der Waals surface area contributed by atoms with E-state index < -0.39 is 11.7 Å². The zero-order valence-corrected chi connectivity index (χ0v) is 19.5. The summed E-state index contributed by atoms with van der Waals surface area (Å²) in [4.78, 5) is 27.4. The van der Waals surface area contributed by atoms with E-state index in [0.29, 0.717) is 41.9 Å². The Hall–Kier alpha value is -4.14. The largest absolute Gasteiger partial charge is 0.326 e. The minimum Gasteiger partial charge on any atom is -0.326 e. The quantitative estimate of drug-likeness (QED) is 0.445. The zero-order chi connectivity index (χ0) is 24.7. The van der Waals surface area contributed by atoms with Crippen molar-refractivity contribution >= 4 is 16.7 Å². The van der Waals surface area contributed by atoms with Crippen molar-refractivity contribution in [3.63, 3.8) is 0 Å². The van der Waals surface area contributed by atoms with Crippen LogP contribution in [0.15, 0.2) is 59.9 Å². The maximum Gasteiger partial charge on any atom is 0.272 e. The molecule has 35 heavy (non-hydrogen) atoms. The summed E-state index contributed by atoms with van der Waals surface area (Å²) in [6, 6.07) is 11.3. The van der Waals surface area contributed by atoms with Crippen LogP contribution in [0.5, 0.6) is 0 Å². The number of rotatable bonds is 5. The maximum atomic E-state index is 15.0. The van der Waals surface area contributed by atoms with Crippen LogP contribution in [0.4, 0.5) is 4.39 Å². The summed E-state index contributed by atoms with van der Waals surface area (Å²) in [6.45, 7) is 8.10. The molecule has 0 fully saturated rings. The summed E-state index contributed by atoms with van der Waals surface area (Å²) in [7, 11) is 0. The fourth-order valence-electron chi connectivity index (χ4n) is 4.91. The molecule has 0 radical (unpaired) electrons. The van der Waals surface area contributed by atoms with Crippen molar-refractivity contribution in [3.8, 4) is 0 Å². The summed E-state index contributed by atoms with van der Waals surface area (Å²) >= 11 is 0. The summed E-state index contributed by atoms with van der Waals surface area (Å²) < 4.78 is 17.0. The van der Waals surface area contributed by atoms with Crippen LogP contribution < -0.4 is 5.56 Å². The van der Waals surface area contributed by atoms with Gasteiger partial charge in [-0.25, -0.2) is 9.49 Å². The Morgan fingerprint density at radius 2 is 2.00 bits per heavy atom. The molecular weight excluding hydrogens is 447 g/mol. The Kier molecular flexibility index (Phi) is 5.76. The molecule has 0 spiro atoms. The van der Waals surface area contributed by atoms with E-state index in [1.54, 1.807) is 35.2 Å². The number of H-pyrrole nitrogens is 1. The molecule has 4 aromatic rings. The second-order valence-corrected chi connectivity index (χ2v) is 8.86. The second-order valence-electron chi connectivity index (χ2n) is 8.86. The van der Waals surface area contributed by atoms with Gasteiger partial charge in [0.1, 0.15) is 11.6 Å². The van der Waals surface area contributed by atoms with Crippen LogP contribution >= 0.6 is 0 Å². The smallest absolute Gasteiger partial charge is 0.272 e. The number of hydrogen-bond donors (Lipinski definition) is 1. The van der Waals surface area contributed by atoms with Crippen molar-refractivity contribution < 1.29 is 9.18 Å². The fourth-order valence-corrected chi connectivity index (χ4v) is 4.91. The lowest BCUT2D eigenvalue weighted by atomic mass is 10.00. The third-order valence-electron chi connectivity index (χ3n) is 6.53. The standard InChI is InChI=1S/C26H25FN6O2/c1-4-7-23-24-30-28-16(3)33(24)15(2)14-32(23)26(35)20-12-17(10-11-21(20)27)13-22-18-8-5-6-9-19(18)25(34)31-29-22/h4-6,8-12,15,23H,1,7,13-14H2,2-3H3,(H,31,34). The van der Waals surface area contributed by atoms with Crippen molar-refractivity contribution in [2.75, 3.05) is 6.54 Å². The van der Waals surface area contributed by atoms with Gasteiger partial charge in [0.05, 0.1) is 28.7 Å². The van der Waals surface area contributed by atoms with E-state index >= 15 is 0 Å². The van der Waals surface area contributed by atoms with Crippen LogP contribution in [0, 0.1) is 12.7 Å². The number of carbonyl (C=O) groups is 1. The molecule has 1 aliphatic rings. The van der Waals surface area contributed by atoms with Gasteiger partial charge in [0, 0.05) is 18.4 Å². The molecule has 5 rings (SSSR count). The van der Waals surface area contributed by atoms with E-state index in [1.807, 2.05) is 30.5 Å². The number of nitrogens with zero attached hydrogens (tertiary/aromatic N) is 5. The Balaban J connectivity index is 1.50. The van der Waals surface area contributed by atoms with E-state index in [1.165, 1.54) is 6.07 Å². The topological polar surface area (TPSA) is 96.8 Å². The third kappa shape index (κ3) is 3.92. The predicted octanol–water partition coefficient (Wildman–Crippen LogP) is 3.89. The number of aromatic nitrogens is 5. The molecule has 0 saturated heterocycles. The average molecular weight is 473 g/mol. The molecule has 178 valence electrons. The number of nitrogens with one attached hydrogen (secondary N) is 1. The number of aromatic amines is 1. The van der Waals surface area contributed by atoms with E-state index in [4.69, 9.17) is 0 Å². The molecule has 9 heteroatoms. The van der Waals surface area contributed by atoms with E-state index in [2.05, 4.69) is 27.0 Å². The van der Waals surface area contributed by atoms with Crippen molar-refractivity contribution in [1.82, 2.24) is 29.9 Å². The summed E-state index contributed by atoms with van der Waals surface area (Å²) in [5, 5.41) is 16.5. The number of hydrogen-bond acceptors (Lipinski definition) is 5. The first-order valence-electron chi connectivity index (χ1n) is 11.5. The first-order valence-corrected chi connectivity index (χ1v) is 11.5. The lowest BCUT2D eigenvalue weighted by Gasteiger charge is -2.39. The van der Waals surface area contributed by atoms with Gasteiger partial charge in [-0.3, -0.25) is 9.59 Å². The van der Waals surface area contributed by atoms with Gasteiger partial charge in [0.2, 0.25) is 0 Å². The Morgan fingerprint density at radius 3 is 2.77 bits per heavy atom. The minimum atomic E-state index is -0.591. The molecule has 0 saturated carbocycles. The molecule has 1 amide bonds. The molecular formula is C26H25FN6O2. The molecule has 8 nitrogen and oxygen atoms in total. The highest BCUT2D eigenvalue weighted by atomic mass is 19.1. The summed E-state index contributed by atoms with van der Waals surface area (Å²) in [5.41, 5.74) is 1.07. The highest BCUT2D eigenvalue weighted by Crippen LogP contribution is 2.34. The first-order chi connectivity index (χ1) is 16.9. The molecule has 1 aliphatic heterocycles. The Morgan fingerprint density at radius 1 is 1.23 bits per heavy atom. The van der Waals surface area contributed by atoms with Gasteiger partial charge in [-0.2, -0.15) is 5.10 Å². The van der Waals surface area contributed by atoms with Crippen LogP contribution in [0.1, 0.15) is 58.7 Å². The summed E-state index contributed by atoms with van der Waals surface area (Å²) in [6.07, 6.45) is 2.54. The molecule has 3 heterocycles. The SMILES string of the molecule is C=CCC1c2nnc(C)n2C(C)CN1C(=O)c1cc(Cc2n[nH]c(=O)c3ccccc23)ccc1F. The number of aryl methyl sites for hydroxylation is 1. The van der Waals surface area contributed by atoms with Gasteiger partial charge in [0.25, 0.3) is 11.5 Å². The third-order valence-corrected chi connectivity index (χ3v) is 6.53. The number of fused-ring (bicyclic) bond motifs is 2. The van der Waals surface area contributed by atoms with E-state index in [0.717, 1.165) is 11.2 Å². The number of carbonyl (C=O) groups excluding carboxylic acids is 1. The lowest BCUT2D eigenvalue weighted by Crippen LogP contribution is -2.44. The monoisotopic (exact) mass is 472 g/mol. The molecule has 2 unspecified atom stereocenters. The lowest BCUT2D eigenvalue weighted by molar-refractivity contribution is 0.0575. The molecule has 0 aliphatic carbocycles. The normalized spacial score (nSPS) is 17.4. The average Bonchev–Trinajstić information content (AvgIpc) is 3.25. The van der Waals surface area contributed by atoms with Crippen molar-refractivity contribution in [3.05, 3.63) is 99.8 Å². The van der Waals surface area contributed by atoms with Crippen LogP contribution in [0.2, 0.25) is 0 Å². The Labute approximate surface area is 201 Å². The van der Waals surface area contributed by atoms with Gasteiger partial charge < -0.3 is 9.47 Å². The van der Waals surface area contributed by atoms with Gasteiger partial charge in [-0.1, -0.05) is 30.3 Å². The highest BCUT2D eigenvalue weighted by Gasteiger charge is 2.37. The molecule has 2 atom stereocenters. The molecule has 2 aromatic heterocycles. The fraction of sp³-hybridized carbons (Fsp3) is 0.269. The van der Waals surface area contributed by atoms with Crippen LogP contribution in [0.3, 0.4) is 0 Å². The van der Waals surface area contributed by atoms with Gasteiger partial charge in [-0.15, -0.1) is 16.8 Å². The number of halogens is 1. The van der Waals surface area contributed by atoms with Gasteiger partial charge in [0.15, 0.2) is 5.82 Å². The number of amides is 1. The zero-order valence-electron chi connectivity index (χ0n) is 19.5. The van der Waals surface area contributed by atoms with Crippen LogP contribution in [0.25, 0.3) is 10.8 Å². The molecule has 0 bridgehead atoms. The molecule has 1 N–H and O–H groups in total. The van der Waals surface area contributed by atoms with Crippen LogP contribution in [-0.2, 0) is 6.42 Å². The molecule has 2 aromatic carbocycles. The van der Waals surface area contributed by atoms with Gasteiger partial charge in [-0.05, 0) is 44.0 Å². The highest BCUT2D eigenvalue weighted by molar-refractivity contribution is 5.95. The maximum absolute atomic E-state index is 15.0. The van der Waals surface area contributed by atoms with Crippen molar-refractivity contribution in [2.45, 2.75) is 38.8 Å². The van der Waals surface area contributed by atoms with Crippen molar-refractivity contribution in [1.29, 1.82) is 0 Å². The second kappa shape index (κ2) is 8.90. The summed E-state index contributed by atoms with van der Waals surface area (Å²) in [5.74, 6) is 0.456. The van der Waals surface area contributed by atoms with Crippen molar-refractivity contribution in [2.24, 2.45) is 0 Å². The van der Waals surface area contributed by atoms with E-state index in [-0.39, 0.29) is 23.2 Å². The number of benzene rings is 2. The van der Waals surface area contributed by atoms with E-state index in [9.17, 15) is 14.0 Å². The Bertz CT molecular complexity index is 1510. The minimum absolute atomic E-state index is 0.0119. The van der Waals surface area contributed by atoms with Gasteiger partial charge >= 0.3 is 0 Å². The predicted molar refractivity (Wildman–Crippen MR) is 130 cm³/mol. The first kappa shape index (κ1) is 22.6. The van der Waals surface area contributed by atoms with Crippen LogP contribution in [-0.4, -0.2) is 42.3 Å².